The van der Waals surface area contributed by atoms with Gasteiger partial charge in [-0.2, -0.15) is 0 Å². The van der Waals surface area contributed by atoms with Crippen LogP contribution in [0.4, 0.5) is 11.4 Å². The summed E-state index contributed by atoms with van der Waals surface area (Å²) in [6.45, 7) is -0.343. The van der Waals surface area contributed by atoms with Crippen LogP contribution < -0.4 is 21.3 Å². The summed E-state index contributed by atoms with van der Waals surface area (Å²) >= 11 is 0. The molecule has 2 aliphatic heterocycles. The van der Waals surface area contributed by atoms with Gasteiger partial charge in [0.15, 0.2) is 6.10 Å². The number of fused-ring (bicyclic) bond motifs is 1. The molecule has 0 saturated carbocycles. The molecule has 2 aliphatic rings. The highest BCUT2D eigenvalue weighted by molar-refractivity contribution is 6.07. The number of nitrogens with one attached hydrogen (secondary N) is 2. The summed E-state index contributed by atoms with van der Waals surface area (Å²) in [5, 5.41) is 6.06. The lowest BCUT2D eigenvalue weighted by molar-refractivity contribution is -0.148. The van der Waals surface area contributed by atoms with Crippen molar-refractivity contribution in [3.63, 3.8) is 0 Å². The minimum atomic E-state index is -1.07. The van der Waals surface area contributed by atoms with Crippen molar-refractivity contribution in [3.05, 3.63) is 60.2 Å². The van der Waals surface area contributed by atoms with Gasteiger partial charge in [-0.25, -0.2) is 0 Å². The third-order valence-corrected chi connectivity index (χ3v) is 5.32. The first-order valence-corrected chi connectivity index (χ1v) is 9.94. The number of carbonyl (C=O) groups is 4. The van der Waals surface area contributed by atoms with Crippen molar-refractivity contribution in [1.82, 2.24) is 5.32 Å². The minimum Gasteiger partial charge on any atom is -0.452 e. The number of para-hydroxylation sites is 2. The first-order chi connectivity index (χ1) is 14.9. The molecule has 0 bridgehead atoms. The molecule has 2 aromatic carbocycles. The minimum absolute atomic E-state index is 0.149. The fraction of sp³-hybridized carbons (Fsp3) is 0.273. The lowest BCUT2D eigenvalue weighted by Gasteiger charge is -2.29. The zero-order chi connectivity index (χ0) is 22.0. The standard InChI is InChI=1S/C22H22N4O5/c23-17(27)12-26-15-9-5-4-8-14(15)24-19(13-6-2-1-3-7-13)20(22(26)30)25-21(29)16-10-11-18(28)31-16/h1-9,16,19-20,24H,10-12H2,(H2,23,27)(H,25,29)/t16-,19+,20+/m0/s1. The number of esters is 1. The second-order valence-electron chi connectivity index (χ2n) is 7.44. The Kier molecular flexibility index (Phi) is 5.57. The third-order valence-electron chi connectivity index (χ3n) is 5.32. The molecule has 9 heteroatoms. The number of hydrogen-bond donors (Lipinski definition) is 3. The first kappa shape index (κ1) is 20.4. The average Bonchev–Trinajstić information content (AvgIpc) is 3.17. The highest BCUT2D eigenvalue weighted by Crippen LogP contribution is 2.35. The number of anilines is 2. The number of hydrogen-bond acceptors (Lipinski definition) is 6. The van der Waals surface area contributed by atoms with Crippen LogP contribution in [0.25, 0.3) is 0 Å². The van der Waals surface area contributed by atoms with Gasteiger partial charge in [-0.15, -0.1) is 0 Å². The lowest BCUT2D eigenvalue weighted by Crippen LogP contribution is -2.55. The number of amides is 3. The fourth-order valence-electron chi connectivity index (χ4n) is 3.87. The number of cyclic esters (lactones) is 1. The molecule has 0 aromatic heterocycles. The number of rotatable bonds is 5. The van der Waals surface area contributed by atoms with E-state index in [2.05, 4.69) is 10.6 Å². The molecule has 0 radical (unpaired) electrons. The average molecular weight is 422 g/mol. The molecule has 3 atom stereocenters. The van der Waals surface area contributed by atoms with Crippen molar-refractivity contribution in [2.45, 2.75) is 31.0 Å². The van der Waals surface area contributed by atoms with E-state index in [4.69, 9.17) is 10.5 Å². The van der Waals surface area contributed by atoms with Gasteiger partial charge in [0.05, 0.1) is 17.4 Å². The maximum Gasteiger partial charge on any atom is 0.306 e. The highest BCUT2D eigenvalue weighted by atomic mass is 16.6. The lowest BCUT2D eigenvalue weighted by atomic mass is 9.98. The van der Waals surface area contributed by atoms with Crippen LogP contribution in [-0.4, -0.2) is 42.4 Å². The van der Waals surface area contributed by atoms with E-state index in [0.717, 1.165) is 5.56 Å². The molecule has 0 aliphatic carbocycles. The molecule has 0 unspecified atom stereocenters. The molecule has 4 rings (SSSR count). The monoisotopic (exact) mass is 422 g/mol. The fourth-order valence-corrected chi connectivity index (χ4v) is 3.87. The Morgan fingerprint density at radius 2 is 1.81 bits per heavy atom. The number of primary amides is 1. The van der Waals surface area contributed by atoms with Crippen molar-refractivity contribution in [2.75, 3.05) is 16.8 Å². The molecule has 1 fully saturated rings. The molecule has 9 nitrogen and oxygen atoms in total. The largest absolute Gasteiger partial charge is 0.452 e. The summed E-state index contributed by atoms with van der Waals surface area (Å²) in [7, 11) is 0. The Labute approximate surface area is 178 Å². The van der Waals surface area contributed by atoms with Crippen LogP contribution in [0.15, 0.2) is 54.6 Å². The molecule has 160 valence electrons. The van der Waals surface area contributed by atoms with E-state index >= 15 is 0 Å². The summed E-state index contributed by atoms with van der Waals surface area (Å²) in [6, 6.07) is 14.5. The smallest absolute Gasteiger partial charge is 0.306 e. The normalized spacial score (nSPS) is 22.7. The Balaban J connectivity index is 1.74. The second kappa shape index (κ2) is 8.47. The van der Waals surface area contributed by atoms with Crippen LogP contribution in [0.1, 0.15) is 24.4 Å². The van der Waals surface area contributed by atoms with Gasteiger partial charge in [-0.05, 0) is 17.7 Å². The molecule has 4 N–H and O–H groups in total. The quantitative estimate of drug-likeness (QED) is 0.613. The van der Waals surface area contributed by atoms with E-state index < -0.39 is 41.9 Å². The number of ether oxygens (including phenoxy) is 1. The summed E-state index contributed by atoms with van der Waals surface area (Å²) in [5.74, 6) is -2.19. The molecule has 0 spiro atoms. The van der Waals surface area contributed by atoms with Gasteiger partial charge in [0.1, 0.15) is 12.6 Å². The van der Waals surface area contributed by atoms with Gasteiger partial charge in [0.25, 0.3) is 11.8 Å². The van der Waals surface area contributed by atoms with E-state index in [1.54, 1.807) is 24.3 Å². The van der Waals surface area contributed by atoms with E-state index in [-0.39, 0.29) is 19.4 Å². The van der Waals surface area contributed by atoms with Crippen LogP contribution in [0, 0.1) is 0 Å². The van der Waals surface area contributed by atoms with Gasteiger partial charge in [-0.3, -0.25) is 24.1 Å². The Bertz CT molecular complexity index is 1030. The molecule has 2 heterocycles. The number of carbonyl (C=O) groups excluding carboxylic acids is 4. The molecule has 31 heavy (non-hydrogen) atoms. The van der Waals surface area contributed by atoms with Gasteiger partial charge < -0.3 is 21.1 Å². The SMILES string of the molecule is NC(=O)CN1C(=O)[C@H](NC(=O)[C@@H]2CCC(=O)O2)[C@@H](c2ccccc2)Nc2ccccc21. The van der Waals surface area contributed by atoms with Crippen molar-refractivity contribution in [3.8, 4) is 0 Å². The highest BCUT2D eigenvalue weighted by Gasteiger charge is 2.41. The molecule has 2 aromatic rings. The summed E-state index contributed by atoms with van der Waals surface area (Å²) < 4.78 is 5.05. The first-order valence-electron chi connectivity index (χ1n) is 9.94. The van der Waals surface area contributed by atoms with Crippen LogP contribution in [0.3, 0.4) is 0 Å². The summed E-state index contributed by atoms with van der Waals surface area (Å²) in [4.78, 5) is 50.8. The number of nitrogens with two attached hydrogens (primary N) is 1. The van der Waals surface area contributed by atoms with Crippen molar-refractivity contribution in [1.29, 1.82) is 0 Å². The van der Waals surface area contributed by atoms with E-state index in [9.17, 15) is 19.2 Å². The van der Waals surface area contributed by atoms with Gasteiger partial charge in [0, 0.05) is 12.8 Å². The molecule has 3 amide bonds. The summed E-state index contributed by atoms with van der Waals surface area (Å²) in [6.07, 6.45) is -0.553. The topological polar surface area (TPSA) is 131 Å². The predicted octanol–water partition coefficient (Wildman–Crippen LogP) is 0.862. The second-order valence-corrected chi connectivity index (χ2v) is 7.44. The zero-order valence-corrected chi connectivity index (χ0v) is 16.6. The Morgan fingerprint density at radius 1 is 1.10 bits per heavy atom. The van der Waals surface area contributed by atoms with E-state index in [0.29, 0.717) is 11.4 Å². The van der Waals surface area contributed by atoms with E-state index in [1.807, 2.05) is 30.3 Å². The maximum atomic E-state index is 13.6. The molecule has 1 saturated heterocycles. The molecular formula is C22H22N4O5. The maximum absolute atomic E-state index is 13.6. The van der Waals surface area contributed by atoms with Crippen LogP contribution in [0.5, 0.6) is 0 Å². The van der Waals surface area contributed by atoms with Gasteiger partial charge in [-0.1, -0.05) is 42.5 Å². The Hall–Kier alpha value is -3.88. The van der Waals surface area contributed by atoms with Gasteiger partial charge in [0.2, 0.25) is 5.91 Å². The Morgan fingerprint density at radius 3 is 2.48 bits per heavy atom. The van der Waals surface area contributed by atoms with Crippen molar-refractivity contribution in [2.24, 2.45) is 5.73 Å². The van der Waals surface area contributed by atoms with E-state index in [1.165, 1.54) is 4.90 Å². The number of nitrogens with zero attached hydrogens (tertiary/aromatic N) is 1. The van der Waals surface area contributed by atoms with Crippen molar-refractivity contribution < 1.29 is 23.9 Å². The third kappa shape index (κ3) is 4.20. The number of benzene rings is 2. The van der Waals surface area contributed by atoms with Crippen LogP contribution in [-0.2, 0) is 23.9 Å². The van der Waals surface area contributed by atoms with Gasteiger partial charge >= 0.3 is 5.97 Å². The van der Waals surface area contributed by atoms with Crippen LogP contribution in [0.2, 0.25) is 0 Å². The molecular weight excluding hydrogens is 400 g/mol. The predicted molar refractivity (Wildman–Crippen MR) is 112 cm³/mol. The zero-order valence-electron chi connectivity index (χ0n) is 16.6. The van der Waals surface area contributed by atoms with Crippen molar-refractivity contribution >= 4 is 35.1 Å². The van der Waals surface area contributed by atoms with Crippen LogP contribution >= 0.6 is 0 Å². The summed E-state index contributed by atoms with van der Waals surface area (Å²) in [5.41, 5.74) is 7.27.